The normalized spacial score (nSPS) is 23.2. The molecule has 1 aliphatic rings. The summed E-state index contributed by atoms with van der Waals surface area (Å²) in [4.78, 5) is 5.11. The van der Waals surface area contributed by atoms with Gasteiger partial charge in [0.05, 0.1) is 6.61 Å². The van der Waals surface area contributed by atoms with Gasteiger partial charge in [0.25, 0.3) is 0 Å². The molecular weight excluding hydrogens is 226 g/mol. The van der Waals surface area contributed by atoms with Crippen molar-refractivity contribution in [1.82, 2.24) is 15.1 Å². The minimum absolute atomic E-state index is 0.707. The largest absolute Gasteiger partial charge is 0.383 e. The van der Waals surface area contributed by atoms with Gasteiger partial charge in [-0.25, -0.2) is 0 Å². The van der Waals surface area contributed by atoms with E-state index in [1.807, 2.05) is 0 Å². The zero-order valence-electron chi connectivity index (χ0n) is 12.5. The molecular formula is C14H31N3O. The van der Waals surface area contributed by atoms with E-state index in [1.54, 1.807) is 7.11 Å². The molecule has 4 nitrogen and oxygen atoms in total. The molecule has 0 aromatic carbocycles. The molecule has 0 aromatic heterocycles. The van der Waals surface area contributed by atoms with Crippen molar-refractivity contribution < 1.29 is 4.74 Å². The summed E-state index contributed by atoms with van der Waals surface area (Å²) in [6.45, 7) is 10.2. The third-order valence-electron chi connectivity index (χ3n) is 3.72. The lowest BCUT2D eigenvalue weighted by atomic mass is 10.2. The summed E-state index contributed by atoms with van der Waals surface area (Å²) >= 11 is 0. The summed E-state index contributed by atoms with van der Waals surface area (Å²) in [6, 6.07) is 0.707. The second-order valence-corrected chi connectivity index (χ2v) is 5.45. The topological polar surface area (TPSA) is 27.7 Å². The van der Waals surface area contributed by atoms with Gasteiger partial charge in [-0.15, -0.1) is 0 Å². The first-order chi connectivity index (χ1) is 8.74. The molecule has 1 heterocycles. The monoisotopic (exact) mass is 257 g/mol. The molecule has 0 amide bonds. The van der Waals surface area contributed by atoms with Gasteiger partial charge in [-0.3, -0.25) is 4.90 Å². The predicted octanol–water partition coefficient (Wildman–Crippen LogP) is 1.03. The van der Waals surface area contributed by atoms with Crippen LogP contribution >= 0.6 is 0 Å². The van der Waals surface area contributed by atoms with Crippen LogP contribution in [-0.4, -0.2) is 75.9 Å². The van der Waals surface area contributed by atoms with Crippen LogP contribution in [0, 0.1) is 0 Å². The molecule has 1 fully saturated rings. The van der Waals surface area contributed by atoms with Crippen molar-refractivity contribution in [2.45, 2.75) is 32.2 Å². The van der Waals surface area contributed by atoms with Gasteiger partial charge in [0.1, 0.15) is 0 Å². The summed E-state index contributed by atoms with van der Waals surface area (Å²) in [5.74, 6) is 0. The van der Waals surface area contributed by atoms with Gasteiger partial charge in [0.2, 0.25) is 0 Å². The Morgan fingerprint density at radius 3 is 2.83 bits per heavy atom. The SMILES string of the molecule is COCCNCCCCN1CCCN(C)CC1C. The van der Waals surface area contributed by atoms with Crippen LogP contribution in [0.15, 0.2) is 0 Å². The molecule has 1 atom stereocenters. The van der Waals surface area contributed by atoms with Gasteiger partial charge >= 0.3 is 0 Å². The highest BCUT2D eigenvalue weighted by molar-refractivity contribution is 4.75. The summed E-state index contributed by atoms with van der Waals surface area (Å²) < 4.78 is 5.01. The molecule has 4 heteroatoms. The molecule has 1 saturated heterocycles. The summed E-state index contributed by atoms with van der Waals surface area (Å²) in [7, 11) is 3.99. The van der Waals surface area contributed by atoms with Crippen molar-refractivity contribution in [2.24, 2.45) is 0 Å². The first-order valence-corrected chi connectivity index (χ1v) is 7.36. The average Bonchev–Trinajstić information content (AvgIpc) is 2.50. The van der Waals surface area contributed by atoms with E-state index in [0.717, 1.165) is 19.7 Å². The second kappa shape index (κ2) is 9.73. The Hall–Kier alpha value is -0.160. The van der Waals surface area contributed by atoms with Crippen molar-refractivity contribution in [3.63, 3.8) is 0 Å². The smallest absolute Gasteiger partial charge is 0.0587 e. The van der Waals surface area contributed by atoms with Crippen LogP contribution in [0.2, 0.25) is 0 Å². The first kappa shape index (κ1) is 15.9. The summed E-state index contributed by atoms with van der Waals surface area (Å²) in [6.07, 6.45) is 3.88. The van der Waals surface area contributed by atoms with E-state index in [0.29, 0.717) is 6.04 Å². The van der Waals surface area contributed by atoms with Gasteiger partial charge in [0.15, 0.2) is 0 Å². The Balaban J connectivity index is 2.03. The molecule has 108 valence electrons. The number of unbranched alkanes of at least 4 members (excludes halogenated alkanes) is 1. The highest BCUT2D eigenvalue weighted by Gasteiger charge is 2.18. The van der Waals surface area contributed by atoms with E-state index >= 15 is 0 Å². The molecule has 0 spiro atoms. The highest BCUT2D eigenvalue weighted by atomic mass is 16.5. The van der Waals surface area contributed by atoms with Crippen LogP contribution in [0.1, 0.15) is 26.2 Å². The van der Waals surface area contributed by atoms with Crippen LogP contribution in [0.3, 0.4) is 0 Å². The molecule has 0 aromatic rings. The maximum absolute atomic E-state index is 5.01. The minimum atomic E-state index is 0.707. The van der Waals surface area contributed by atoms with E-state index in [2.05, 4.69) is 29.1 Å². The maximum Gasteiger partial charge on any atom is 0.0587 e. The zero-order valence-corrected chi connectivity index (χ0v) is 12.5. The Bertz CT molecular complexity index is 201. The average molecular weight is 257 g/mol. The van der Waals surface area contributed by atoms with Gasteiger partial charge in [-0.2, -0.15) is 0 Å². The maximum atomic E-state index is 5.01. The third-order valence-corrected chi connectivity index (χ3v) is 3.72. The number of methoxy groups -OCH3 is 1. The number of rotatable bonds is 8. The van der Waals surface area contributed by atoms with Gasteiger partial charge in [0, 0.05) is 26.2 Å². The second-order valence-electron chi connectivity index (χ2n) is 5.45. The predicted molar refractivity (Wildman–Crippen MR) is 77.1 cm³/mol. The molecule has 1 rings (SSSR count). The number of likely N-dealkylation sites (N-methyl/N-ethyl adjacent to an activating group) is 1. The molecule has 1 unspecified atom stereocenters. The Labute approximate surface area is 113 Å². The number of hydrogen-bond acceptors (Lipinski definition) is 4. The van der Waals surface area contributed by atoms with E-state index in [-0.39, 0.29) is 0 Å². The van der Waals surface area contributed by atoms with Gasteiger partial charge in [-0.05, 0) is 59.4 Å². The molecule has 18 heavy (non-hydrogen) atoms. The molecule has 0 aliphatic carbocycles. The van der Waals surface area contributed by atoms with Gasteiger partial charge in [-0.1, -0.05) is 0 Å². The number of nitrogens with one attached hydrogen (secondary N) is 1. The van der Waals surface area contributed by atoms with Crippen LogP contribution in [0.4, 0.5) is 0 Å². The summed E-state index contributed by atoms with van der Waals surface area (Å²) in [5, 5.41) is 3.40. The zero-order chi connectivity index (χ0) is 13.2. The lowest BCUT2D eigenvalue weighted by molar-refractivity contribution is 0.194. The van der Waals surface area contributed by atoms with E-state index in [9.17, 15) is 0 Å². The molecule has 1 N–H and O–H groups in total. The van der Waals surface area contributed by atoms with Crippen LogP contribution < -0.4 is 5.32 Å². The third kappa shape index (κ3) is 6.69. The lowest BCUT2D eigenvalue weighted by Crippen LogP contribution is -2.38. The number of ether oxygens (including phenoxy) is 1. The molecule has 0 radical (unpaired) electrons. The minimum Gasteiger partial charge on any atom is -0.383 e. The quantitative estimate of drug-likeness (QED) is 0.657. The Morgan fingerprint density at radius 1 is 1.22 bits per heavy atom. The van der Waals surface area contributed by atoms with Crippen molar-refractivity contribution in [1.29, 1.82) is 0 Å². The fourth-order valence-electron chi connectivity index (χ4n) is 2.62. The highest BCUT2D eigenvalue weighted by Crippen LogP contribution is 2.09. The van der Waals surface area contributed by atoms with Crippen LogP contribution in [0.5, 0.6) is 0 Å². The van der Waals surface area contributed by atoms with Gasteiger partial charge < -0.3 is 15.0 Å². The standard InChI is InChI=1S/C14H31N3O/c1-14-13-16(2)9-6-11-17(14)10-5-4-7-15-8-12-18-3/h14-15H,4-13H2,1-3H3. The first-order valence-electron chi connectivity index (χ1n) is 7.36. The van der Waals surface area contributed by atoms with E-state index < -0.39 is 0 Å². The molecule has 0 saturated carbocycles. The molecule has 1 aliphatic heterocycles. The van der Waals surface area contributed by atoms with Crippen LogP contribution in [-0.2, 0) is 4.74 Å². The molecule has 0 bridgehead atoms. The van der Waals surface area contributed by atoms with Crippen molar-refractivity contribution in [3.05, 3.63) is 0 Å². The number of nitrogens with zero attached hydrogens (tertiary/aromatic N) is 2. The fourth-order valence-corrected chi connectivity index (χ4v) is 2.62. The van der Waals surface area contributed by atoms with Crippen LogP contribution in [0.25, 0.3) is 0 Å². The van der Waals surface area contributed by atoms with E-state index in [4.69, 9.17) is 4.74 Å². The fraction of sp³-hybridized carbons (Fsp3) is 1.00. The lowest BCUT2D eigenvalue weighted by Gasteiger charge is -2.27. The van der Waals surface area contributed by atoms with E-state index in [1.165, 1.54) is 45.4 Å². The van der Waals surface area contributed by atoms with Crippen molar-refractivity contribution in [3.8, 4) is 0 Å². The Morgan fingerprint density at radius 2 is 2.06 bits per heavy atom. The summed E-state index contributed by atoms with van der Waals surface area (Å²) in [5.41, 5.74) is 0. The van der Waals surface area contributed by atoms with Crippen molar-refractivity contribution in [2.75, 3.05) is 60.0 Å². The number of hydrogen-bond donors (Lipinski definition) is 1. The van der Waals surface area contributed by atoms with Crippen molar-refractivity contribution >= 4 is 0 Å². The Kier molecular flexibility index (Phi) is 8.59.